The monoisotopic (exact) mass is 250 g/mol. The average molecular weight is 250 g/mol. The third-order valence-electron chi connectivity index (χ3n) is 2.39. The molecule has 94 valence electrons. The van der Waals surface area contributed by atoms with Gasteiger partial charge in [-0.2, -0.15) is 0 Å². The van der Waals surface area contributed by atoms with Crippen LogP contribution in [0.15, 0.2) is 36.5 Å². The van der Waals surface area contributed by atoms with Gasteiger partial charge in [0.2, 0.25) is 5.88 Å². The second-order valence-corrected chi connectivity index (χ2v) is 3.89. The van der Waals surface area contributed by atoms with Crippen molar-refractivity contribution in [3.8, 4) is 11.6 Å². The Bertz CT molecular complexity index is 558. The lowest BCUT2D eigenvalue weighted by Crippen LogP contribution is -2.05. The molecule has 0 saturated heterocycles. The first kappa shape index (κ1) is 12.4. The molecule has 2 aromatic rings. The molecule has 0 aliphatic carbocycles. The fourth-order valence-corrected chi connectivity index (χ4v) is 1.43. The molecule has 1 atom stereocenters. The van der Waals surface area contributed by atoms with Crippen molar-refractivity contribution in [2.75, 3.05) is 0 Å². The first-order chi connectivity index (χ1) is 8.56. The van der Waals surface area contributed by atoms with E-state index in [1.807, 2.05) is 6.92 Å². The van der Waals surface area contributed by atoms with Gasteiger partial charge in [-0.25, -0.2) is 13.8 Å². The van der Waals surface area contributed by atoms with E-state index >= 15 is 0 Å². The summed E-state index contributed by atoms with van der Waals surface area (Å²) in [6, 6.07) is 6.13. The van der Waals surface area contributed by atoms with E-state index in [9.17, 15) is 8.78 Å². The molecule has 18 heavy (non-hydrogen) atoms. The molecule has 0 unspecified atom stereocenters. The number of hydrogen-bond donors (Lipinski definition) is 1. The molecule has 0 aliphatic rings. The number of nitrogens with two attached hydrogens (primary N) is 1. The maximum absolute atomic E-state index is 13.4. The summed E-state index contributed by atoms with van der Waals surface area (Å²) in [6.45, 7) is 1.81. The van der Waals surface area contributed by atoms with E-state index in [0.29, 0.717) is 0 Å². The van der Waals surface area contributed by atoms with E-state index in [2.05, 4.69) is 4.98 Å². The molecule has 1 aromatic heterocycles. The number of halogens is 2. The summed E-state index contributed by atoms with van der Waals surface area (Å²) in [4.78, 5) is 3.92. The summed E-state index contributed by atoms with van der Waals surface area (Å²) in [5.41, 5.74) is 6.52. The quantitative estimate of drug-likeness (QED) is 0.910. The number of aromatic nitrogens is 1. The second-order valence-electron chi connectivity index (χ2n) is 3.89. The van der Waals surface area contributed by atoms with Crippen LogP contribution in [-0.4, -0.2) is 4.98 Å². The number of ether oxygens (including phenoxy) is 1. The minimum atomic E-state index is -0.649. The highest BCUT2D eigenvalue weighted by Crippen LogP contribution is 2.25. The molecule has 1 heterocycles. The summed E-state index contributed by atoms with van der Waals surface area (Å²) < 4.78 is 31.5. The van der Waals surface area contributed by atoms with Crippen molar-refractivity contribution >= 4 is 0 Å². The van der Waals surface area contributed by atoms with Crippen LogP contribution in [0.25, 0.3) is 0 Å². The zero-order chi connectivity index (χ0) is 13.1. The fourth-order valence-electron chi connectivity index (χ4n) is 1.43. The predicted molar refractivity (Wildman–Crippen MR) is 63.3 cm³/mol. The van der Waals surface area contributed by atoms with Gasteiger partial charge in [0.1, 0.15) is 5.82 Å². The van der Waals surface area contributed by atoms with E-state index in [0.717, 1.165) is 23.8 Å². The standard InChI is InChI=1S/C13H12F2N2O/c1-8(16)9-4-5-17-13(6-9)18-12-7-10(14)2-3-11(12)15/h2-8H,16H2,1H3/t8-/m1/s1. The van der Waals surface area contributed by atoms with Crippen molar-refractivity contribution in [1.29, 1.82) is 0 Å². The largest absolute Gasteiger partial charge is 0.436 e. The van der Waals surface area contributed by atoms with Gasteiger partial charge in [-0.3, -0.25) is 0 Å². The normalized spacial score (nSPS) is 12.2. The van der Waals surface area contributed by atoms with Gasteiger partial charge < -0.3 is 10.5 Å². The van der Waals surface area contributed by atoms with Crippen LogP contribution in [0.5, 0.6) is 11.6 Å². The third kappa shape index (κ3) is 2.81. The Kier molecular flexibility index (Phi) is 3.53. The number of benzene rings is 1. The maximum atomic E-state index is 13.4. The van der Waals surface area contributed by atoms with Crippen molar-refractivity contribution < 1.29 is 13.5 Å². The lowest BCUT2D eigenvalue weighted by molar-refractivity contribution is 0.421. The molecule has 2 rings (SSSR count). The zero-order valence-electron chi connectivity index (χ0n) is 9.73. The van der Waals surface area contributed by atoms with Crippen molar-refractivity contribution in [2.24, 2.45) is 5.73 Å². The first-order valence-electron chi connectivity index (χ1n) is 5.40. The SMILES string of the molecule is C[C@@H](N)c1ccnc(Oc2cc(F)ccc2F)c1. The second kappa shape index (κ2) is 5.10. The molecule has 0 radical (unpaired) electrons. The van der Waals surface area contributed by atoms with Crippen LogP contribution in [0.4, 0.5) is 8.78 Å². The maximum Gasteiger partial charge on any atom is 0.219 e. The molecular weight excluding hydrogens is 238 g/mol. The lowest BCUT2D eigenvalue weighted by Gasteiger charge is -2.09. The molecule has 5 heteroatoms. The Morgan fingerprint density at radius 3 is 2.72 bits per heavy atom. The van der Waals surface area contributed by atoms with Crippen LogP contribution in [0, 0.1) is 11.6 Å². The Morgan fingerprint density at radius 2 is 2.00 bits per heavy atom. The molecule has 3 nitrogen and oxygen atoms in total. The van der Waals surface area contributed by atoms with E-state index in [1.165, 1.54) is 6.20 Å². The smallest absolute Gasteiger partial charge is 0.219 e. The lowest BCUT2D eigenvalue weighted by atomic mass is 10.1. The summed E-state index contributed by atoms with van der Waals surface area (Å²) in [5.74, 6) is -1.25. The minimum Gasteiger partial charge on any atom is -0.436 e. The fraction of sp³-hybridized carbons (Fsp3) is 0.154. The number of hydrogen-bond acceptors (Lipinski definition) is 3. The van der Waals surface area contributed by atoms with Gasteiger partial charge in [-0.1, -0.05) is 0 Å². The topological polar surface area (TPSA) is 48.1 Å². The van der Waals surface area contributed by atoms with Gasteiger partial charge in [-0.05, 0) is 30.7 Å². The van der Waals surface area contributed by atoms with Crippen LogP contribution in [0.2, 0.25) is 0 Å². The summed E-state index contributed by atoms with van der Waals surface area (Å²) in [5, 5.41) is 0. The van der Waals surface area contributed by atoms with Crippen LogP contribution in [0.3, 0.4) is 0 Å². The summed E-state index contributed by atoms with van der Waals surface area (Å²) in [6.07, 6.45) is 1.51. The predicted octanol–water partition coefficient (Wildman–Crippen LogP) is 3.17. The molecule has 0 bridgehead atoms. The van der Waals surface area contributed by atoms with E-state index < -0.39 is 11.6 Å². The number of nitrogens with zero attached hydrogens (tertiary/aromatic N) is 1. The Labute approximate surface area is 103 Å². The number of rotatable bonds is 3. The number of pyridine rings is 1. The van der Waals surface area contributed by atoms with Gasteiger partial charge in [0.25, 0.3) is 0 Å². The summed E-state index contributed by atoms with van der Waals surface area (Å²) in [7, 11) is 0. The highest BCUT2D eigenvalue weighted by atomic mass is 19.1. The van der Waals surface area contributed by atoms with Crippen LogP contribution in [0.1, 0.15) is 18.5 Å². The molecule has 0 aliphatic heterocycles. The van der Waals surface area contributed by atoms with E-state index in [-0.39, 0.29) is 17.7 Å². The Hall–Kier alpha value is -2.01. The highest BCUT2D eigenvalue weighted by Gasteiger charge is 2.08. The Morgan fingerprint density at radius 1 is 1.22 bits per heavy atom. The molecular formula is C13H12F2N2O. The molecule has 0 saturated carbocycles. The average Bonchev–Trinajstić information content (AvgIpc) is 2.34. The van der Waals surface area contributed by atoms with Crippen molar-refractivity contribution in [3.05, 3.63) is 53.7 Å². The molecule has 0 amide bonds. The van der Waals surface area contributed by atoms with Gasteiger partial charge in [0, 0.05) is 24.4 Å². The zero-order valence-corrected chi connectivity index (χ0v) is 9.73. The molecule has 0 fully saturated rings. The molecule has 1 aromatic carbocycles. The summed E-state index contributed by atoms with van der Waals surface area (Å²) >= 11 is 0. The van der Waals surface area contributed by atoms with Gasteiger partial charge in [0.05, 0.1) is 0 Å². The first-order valence-corrected chi connectivity index (χ1v) is 5.40. The van der Waals surface area contributed by atoms with Crippen molar-refractivity contribution in [1.82, 2.24) is 4.98 Å². The van der Waals surface area contributed by atoms with Crippen LogP contribution in [-0.2, 0) is 0 Å². The highest BCUT2D eigenvalue weighted by molar-refractivity contribution is 5.31. The van der Waals surface area contributed by atoms with E-state index in [1.54, 1.807) is 12.1 Å². The van der Waals surface area contributed by atoms with Crippen LogP contribution >= 0.6 is 0 Å². The van der Waals surface area contributed by atoms with Crippen molar-refractivity contribution in [3.63, 3.8) is 0 Å². The van der Waals surface area contributed by atoms with Crippen molar-refractivity contribution in [2.45, 2.75) is 13.0 Å². The van der Waals surface area contributed by atoms with E-state index in [4.69, 9.17) is 10.5 Å². The molecule has 0 spiro atoms. The van der Waals surface area contributed by atoms with Gasteiger partial charge in [-0.15, -0.1) is 0 Å². The third-order valence-corrected chi connectivity index (χ3v) is 2.39. The van der Waals surface area contributed by atoms with Gasteiger partial charge in [0.15, 0.2) is 11.6 Å². The molecule has 2 N–H and O–H groups in total. The Balaban J connectivity index is 2.28. The minimum absolute atomic E-state index is 0.175. The van der Waals surface area contributed by atoms with Gasteiger partial charge >= 0.3 is 0 Å². The van der Waals surface area contributed by atoms with Crippen LogP contribution < -0.4 is 10.5 Å².